The SMILES string of the molecule is Cc1ncc(CC2CCN(C(=O)OC(C)(C)C)CC2)cc1Nc1ncn(-c2cc(F)cc(F)c2)n1. The van der Waals surface area contributed by atoms with E-state index in [2.05, 4.69) is 20.4 Å². The number of hydrogen-bond donors (Lipinski definition) is 1. The van der Waals surface area contributed by atoms with Crippen LogP contribution >= 0.6 is 0 Å². The van der Waals surface area contributed by atoms with Crippen LogP contribution in [0.4, 0.5) is 25.2 Å². The molecular weight excluding hydrogens is 454 g/mol. The predicted octanol–water partition coefficient (Wildman–Crippen LogP) is 5.18. The van der Waals surface area contributed by atoms with Crippen molar-refractivity contribution in [2.75, 3.05) is 18.4 Å². The molecule has 1 saturated heterocycles. The van der Waals surface area contributed by atoms with E-state index in [1.54, 1.807) is 4.90 Å². The number of halogens is 2. The summed E-state index contributed by atoms with van der Waals surface area (Å²) in [4.78, 5) is 22.8. The van der Waals surface area contributed by atoms with Crippen molar-refractivity contribution in [3.05, 3.63) is 59.7 Å². The van der Waals surface area contributed by atoms with Gasteiger partial charge in [-0.25, -0.2) is 18.3 Å². The quantitative estimate of drug-likeness (QED) is 0.537. The minimum Gasteiger partial charge on any atom is -0.444 e. The van der Waals surface area contributed by atoms with Crippen LogP contribution in [0.2, 0.25) is 0 Å². The van der Waals surface area contributed by atoms with Gasteiger partial charge in [-0.1, -0.05) is 0 Å². The summed E-state index contributed by atoms with van der Waals surface area (Å²) in [6.07, 6.45) is 5.63. The van der Waals surface area contributed by atoms with Gasteiger partial charge < -0.3 is 15.0 Å². The van der Waals surface area contributed by atoms with Crippen molar-refractivity contribution < 1.29 is 18.3 Å². The fourth-order valence-electron chi connectivity index (χ4n) is 4.03. The molecule has 3 aromatic rings. The average Bonchev–Trinajstić information content (AvgIpc) is 3.23. The second kappa shape index (κ2) is 9.97. The van der Waals surface area contributed by atoms with E-state index in [4.69, 9.17) is 4.74 Å². The maximum atomic E-state index is 13.5. The number of hydrogen-bond acceptors (Lipinski definition) is 6. The Balaban J connectivity index is 1.38. The number of nitrogens with one attached hydrogen (secondary N) is 1. The van der Waals surface area contributed by atoms with E-state index >= 15 is 0 Å². The van der Waals surface area contributed by atoms with Crippen LogP contribution in [0.5, 0.6) is 0 Å². The van der Waals surface area contributed by atoms with E-state index in [9.17, 15) is 13.6 Å². The molecule has 1 aliphatic heterocycles. The number of pyridine rings is 1. The summed E-state index contributed by atoms with van der Waals surface area (Å²) in [5.41, 5.74) is 2.35. The Morgan fingerprint density at radius 2 is 1.80 bits per heavy atom. The Morgan fingerprint density at radius 1 is 1.11 bits per heavy atom. The maximum absolute atomic E-state index is 13.5. The van der Waals surface area contributed by atoms with Gasteiger partial charge in [-0.05, 0) is 76.6 Å². The molecule has 8 nitrogen and oxygen atoms in total. The van der Waals surface area contributed by atoms with Gasteiger partial charge in [0.25, 0.3) is 0 Å². The van der Waals surface area contributed by atoms with Crippen LogP contribution in [0, 0.1) is 24.5 Å². The first-order chi connectivity index (χ1) is 16.6. The van der Waals surface area contributed by atoms with Gasteiger partial charge in [-0.3, -0.25) is 4.98 Å². The van der Waals surface area contributed by atoms with Gasteiger partial charge in [0.15, 0.2) is 0 Å². The number of piperidine rings is 1. The normalized spacial score (nSPS) is 14.7. The fourth-order valence-corrected chi connectivity index (χ4v) is 4.03. The molecule has 1 amide bonds. The lowest BCUT2D eigenvalue weighted by Crippen LogP contribution is -2.42. The number of anilines is 2. The Morgan fingerprint density at radius 3 is 2.46 bits per heavy atom. The van der Waals surface area contributed by atoms with Crippen molar-refractivity contribution in [2.24, 2.45) is 5.92 Å². The highest BCUT2D eigenvalue weighted by Crippen LogP contribution is 2.26. The molecule has 0 aliphatic carbocycles. The van der Waals surface area contributed by atoms with Crippen LogP contribution in [0.25, 0.3) is 5.69 Å². The lowest BCUT2D eigenvalue weighted by Gasteiger charge is -2.33. The molecule has 1 N–H and O–H groups in total. The van der Waals surface area contributed by atoms with Gasteiger partial charge >= 0.3 is 6.09 Å². The number of benzene rings is 1. The van der Waals surface area contributed by atoms with Gasteiger partial charge in [0.05, 0.1) is 17.1 Å². The highest BCUT2D eigenvalue weighted by atomic mass is 19.1. The molecule has 0 saturated carbocycles. The van der Waals surface area contributed by atoms with Crippen LogP contribution < -0.4 is 5.32 Å². The molecule has 10 heteroatoms. The summed E-state index contributed by atoms with van der Waals surface area (Å²) < 4.78 is 33.8. The Bertz CT molecular complexity index is 1180. The largest absolute Gasteiger partial charge is 0.444 e. The lowest BCUT2D eigenvalue weighted by atomic mass is 9.90. The second-order valence-corrected chi connectivity index (χ2v) is 9.86. The number of aryl methyl sites for hydroxylation is 1. The van der Waals surface area contributed by atoms with E-state index in [0.29, 0.717) is 25.0 Å². The van der Waals surface area contributed by atoms with Crippen molar-refractivity contribution in [1.82, 2.24) is 24.6 Å². The van der Waals surface area contributed by atoms with Gasteiger partial charge in [-0.15, -0.1) is 5.10 Å². The molecule has 2 aromatic heterocycles. The Hall–Kier alpha value is -3.56. The number of carbonyl (C=O) groups is 1. The molecule has 0 atom stereocenters. The molecular formula is C25H30F2N6O2. The Kier molecular flexibility index (Phi) is 7.00. The number of nitrogens with zero attached hydrogens (tertiary/aromatic N) is 5. The summed E-state index contributed by atoms with van der Waals surface area (Å²) >= 11 is 0. The van der Waals surface area contributed by atoms with E-state index in [0.717, 1.165) is 42.3 Å². The first-order valence-corrected chi connectivity index (χ1v) is 11.6. The summed E-state index contributed by atoms with van der Waals surface area (Å²) in [7, 11) is 0. The summed E-state index contributed by atoms with van der Waals surface area (Å²) in [5, 5.41) is 7.43. The zero-order valence-electron chi connectivity index (χ0n) is 20.4. The van der Waals surface area contributed by atoms with Gasteiger partial charge in [0, 0.05) is 25.4 Å². The van der Waals surface area contributed by atoms with Gasteiger partial charge in [0.2, 0.25) is 5.95 Å². The third-order valence-corrected chi connectivity index (χ3v) is 5.78. The molecule has 0 unspecified atom stereocenters. The third kappa shape index (κ3) is 6.52. The number of rotatable bonds is 5. The molecule has 4 rings (SSSR count). The average molecular weight is 485 g/mol. The molecule has 0 radical (unpaired) electrons. The smallest absolute Gasteiger partial charge is 0.410 e. The van der Waals surface area contributed by atoms with E-state index < -0.39 is 17.2 Å². The minimum absolute atomic E-state index is 0.240. The van der Waals surface area contributed by atoms with Crippen LogP contribution in [-0.2, 0) is 11.2 Å². The first kappa shape index (κ1) is 24.6. The molecule has 186 valence electrons. The molecule has 3 heterocycles. The zero-order valence-corrected chi connectivity index (χ0v) is 20.4. The van der Waals surface area contributed by atoms with Crippen molar-refractivity contribution in [2.45, 2.75) is 52.6 Å². The fraction of sp³-hybridized carbons (Fsp3) is 0.440. The molecule has 0 spiro atoms. The third-order valence-electron chi connectivity index (χ3n) is 5.78. The van der Waals surface area contributed by atoms with Crippen LogP contribution in [0.15, 0.2) is 36.8 Å². The van der Waals surface area contributed by atoms with Gasteiger partial charge in [-0.2, -0.15) is 4.98 Å². The van der Waals surface area contributed by atoms with Crippen molar-refractivity contribution >= 4 is 17.7 Å². The van der Waals surface area contributed by atoms with Crippen molar-refractivity contribution in [3.63, 3.8) is 0 Å². The standard InChI is InChI=1S/C25H30F2N6O2/c1-16-22(30-23-29-15-33(31-23)21-12-19(26)11-20(27)13-21)10-18(14-28-16)9-17-5-7-32(8-6-17)24(34)35-25(2,3)4/h10-15,17H,5-9H2,1-4H3,(H,30,31). The highest BCUT2D eigenvalue weighted by molar-refractivity contribution is 5.68. The number of carbonyl (C=O) groups excluding carboxylic acids is 1. The highest BCUT2D eigenvalue weighted by Gasteiger charge is 2.27. The number of ether oxygens (including phenoxy) is 1. The van der Waals surface area contributed by atoms with E-state index in [1.165, 1.54) is 23.1 Å². The topological polar surface area (TPSA) is 85.2 Å². The predicted molar refractivity (Wildman–Crippen MR) is 128 cm³/mol. The number of aromatic nitrogens is 4. The van der Waals surface area contributed by atoms with E-state index in [1.807, 2.05) is 40.0 Å². The van der Waals surface area contributed by atoms with Crippen molar-refractivity contribution in [1.29, 1.82) is 0 Å². The van der Waals surface area contributed by atoms with Crippen molar-refractivity contribution in [3.8, 4) is 5.69 Å². The van der Waals surface area contributed by atoms with Crippen LogP contribution in [-0.4, -0.2) is 49.4 Å². The Labute approximate surface area is 203 Å². The molecule has 35 heavy (non-hydrogen) atoms. The van der Waals surface area contributed by atoms with Crippen LogP contribution in [0.1, 0.15) is 44.9 Å². The van der Waals surface area contributed by atoms with Gasteiger partial charge in [0.1, 0.15) is 23.6 Å². The first-order valence-electron chi connectivity index (χ1n) is 11.6. The minimum atomic E-state index is -0.685. The summed E-state index contributed by atoms with van der Waals surface area (Å²) in [6.45, 7) is 8.83. The molecule has 1 fully saturated rings. The summed E-state index contributed by atoms with van der Waals surface area (Å²) in [6, 6.07) is 5.19. The summed E-state index contributed by atoms with van der Waals surface area (Å²) in [5.74, 6) is -0.641. The van der Waals surface area contributed by atoms with Crippen LogP contribution in [0.3, 0.4) is 0 Å². The lowest BCUT2D eigenvalue weighted by molar-refractivity contribution is 0.0184. The number of amides is 1. The molecule has 0 bridgehead atoms. The van der Waals surface area contributed by atoms with E-state index in [-0.39, 0.29) is 11.8 Å². The second-order valence-electron chi connectivity index (χ2n) is 9.86. The maximum Gasteiger partial charge on any atom is 0.410 e. The monoisotopic (exact) mass is 484 g/mol. The zero-order chi connectivity index (χ0) is 25.2. The molecule has 1 aliphatic rings. The molecule has 1 aromatic carbocycles. The number of likely N-dealkylation sites (tertiary alicyclic amines) is 1.